The fraction of sp³-hybridized carbons (Fsp3) is 0.714. The summed E-state index contributed by atoms with van der Waals surface area (Å²) < 4.78 is 5.20. The van der Waals surface area contributed by atoms with Crippen molar-refractivity contribution in [1.82, 2.24) is 14.9 Å². The van der Waals surface area contributed by atoms with Crippen LogP contribution in [-0.4, -0.2) is 45.7 Å². The molecule has 5 heteroatoms. The van der Waals surface area contributed by atoms with Crippen molar-refractivity contribution in [3.8, 4) is 5.88 Å². The third-order valence-corrected chi connectivity index (χ3v) is 3.98. The van der Waals surface area contributed by atoms with E-state index in [4.69, 9.17) is 4.74 Å². The number of hydrogen-bond acceptors (Lipinski definition) is 5. The molecule has 0 amide bonds. The summed E-state index contributed by atoms with van der Waals surface area (Å²) in [5, 5.41) is 10.7. The van der Waals surface area contributed by atoms with Crippen molar-refractivity contribution in [3.63, 3.8) is 0 Å². The zero-order chi connectivity index (χ0) is 13.9. The van der Waals surface area contributed by atoms with Gasteiger partial charge in [0.1, 0.15) is 11.8 Å². The van der Waals surface area contributed by atoms with E-state index < -0.39 is 6.10 Å². The molecule has 1 aliphatic rings. The van der Waals surface area contributed by atoms with Crippen molar-refractivity contribution in [3.05, 3.63) is 18.1 Å². The van der Waals surface area contributed by atoms with E-state index in [0.717, 1.165) is 13.1 Å². The maximum Gasteiger partial charge on any atom is 0.238 e. The molecule has 2 rings (SSSR count). The zero-order valence-electron chi connectivity index (χ0n) is 12.0. The normalized spacial score (nSPS) is 19.2. The molecular weight excluding hydrogens is 242 g/mol. The fourth-order valence-electron chi connectivity index (χ4n) is 2.66. The molecule has 106 valence electrons. The molecule has 0 spiro atoms. The first-order chi connectivity index (χ1) is 9.07. The van der Waals surface area contributed by atoms with Crippen molar-refractivity contribution in [2.45, 2.75) is 44.8 Å². The number of piperidine rings is 1. The Labute approximate surface area is 114 Å². The van der Waals surface area contributed by atoms with Gasteiger partial charge in [0.05, 0.1) is 7.11 Å². The maximum absolute atomic E-state index is 10.7. The van der Waals surface area contributed by atoms with E-state index in [1.54, 1.807) is 19.5 Å². The summed E-state index contributed by atoms with van der Waals surface area (Å²) in [6, 6.07) is 0. The van der Waals surface area contributed by atoms with E-state index in [-0.39, 0.29) is 5.54 Å². The Morgan fingerprint density at radius 1 is 1.21 bits per heavy atom. The van der Waals surface area contributed by atoms with Gasteiger partial charge in [0.25, 0.3) is 0 Å². The van der Waals surface area contributed by atoms with Crippen molar-refractivity contribution >= 4 is 0 Å². The van der Waals surface area contributed by atoms with Gasteiger partial charge in [-0.15, -0.1) is 0 Å². The minimum Gasteiger partial charge on any atom is -0.480 e. The Bertz CT molecular complexity index is 417. The van der Waals surface area contributed by atoms with Crippen LogP contribution in [0.4, 0.5) is 0 Å². The van der Waals surface area contributed by atoms with E-state index in [0.29, 0.717) is 11.6 Å². The van der Waals surface area contributed by atoms with Crippen LogP contribution in [0.25, 0.3) is 0 Å². The second-order valence-electron chi connectivity index (χ2n) is 5.55. The largest absolute Gasteiger partial charge is 0.480 e. The van der Waals surface area contributed by atoms with Gasteiger partial charge in [-0.25, -0.2) is 4.98 Å². The molecule has 0 radical (unpaired) electrons. The standard InChI is InChI=1S/C14H23N3O2/c1-14(2,17-9-5-4-6-10-17)12(18)11-13(19-3)16-8-7-15-11/h7-8,12,18H,4-6,9-10H2,1-3H3. The number of ether oxygens (including phenoxy) is 1. The quantitative estimate of drug-likeness (QED) is 0.899. The molecule has 19 heavy (non-hydrogen) atoms. The molecule has 1 aliphatic heterocycles. The van der Waals surface area contributed by atoms with Crippen molar-refractivity contribution in [2.24, 2.45) is 0 Å². The summed E-state index contributed by atoms with van der Waals surface area (Å²) in [4.78, 5) is 10.7. The highest BCUT2D eigenvalue weighted by molar-refractivity contribution is 5.22. The number of nitrogens with zero attached hydrogens (tertiary/aromatic N) is 3. The summed E-state index contributed by atoms with van der Waals surface area (Å²) in [7, 11) is 1.55. The minimum absolute atomic E-state index is 0.371. The van der Waals surface area contributed by atoms with Crippen LogP contribution in [0.5, 0.6) is 5.88 Å². The van der Waals surface area contributed by atoms with Crippen molar-refractivity contribution in [2.75, 3.05) is 20.2 Å². The number of aromatic nitrogens is 2. The lowest BCUT2D eigenvalue weighted by Crippen LogP contribution is -2.50. The summed E-state index contributed by atoms with van der Waals surface area (Å²) in [5.74, 6) is 0.403. The molecule has 1 atom stereocenters. The smallest absolute Gasteiger partial charge is 0.238 e. The molecule has 0 aromatic carbocycles. The summed E-state index contributed by atoms with van der Waals surface area (Å²) in [6.07, 6.45) is 6.10. The first-order valence-electron chi connectivity index (χ1n) is 6.85. The Kier molecular flexibility index (Phi) is 4.37. The molecule has 1 aromatic heterocycles. The predicted octanol–water partition coefficient (Wildman–Crippen LogP) is 1.78. The second kappa shape index (κ2) is 5.84. The van der Waals surface area contributed by atoms with Gasteiger partial charge < -0.3 is 9.84 Å². The lowest BCUT2D eigenvalue weighted by molar-refractivity contribution is -0.0243. The number of hydrogen-bond donors (Lipinski definition) is 1. The highest BCUT2D eigenvalue weighted by Crippen LogP contribution is 2.34. The van der Waals surface area contributed by atoms with E-state index in [2.05, 4.69) is 28.7 Å². The van der Waals surface area contributed by atoms with Gasteiger partial charge in [0, 0.05) is 17.9 Å². The van der Waals surface area contributed by atoms with Crippen LogP contribution in [0.1, 0.15) is 44.9 Å². The molecule has 2 heterocycles. The summed E-state index contributed by atoms with van der Waals surface area (Å²) in [6.45, 7) is 6.15. The van der Waals surface area contributed by atoms with Gasteiger partial charge in [-0.05, 0) is 39.8 Å². The molecule has 0 bridgehead atoms. The third-order valence-electron chi connectivity index (χ3n) is 3.98. The second-order valence-corrected chi connectivity index (χ2v) is 5.55. The fourth-order valence-corrected chi connectivity index (χ4v) is 2.66. The lowest BCUT2D eigenvalue weighted by atomic mass is 9.90. The number of likely N-dealkylation sites (tertiary alicyclic amines) is 1. The highest BCUT2D eigenvalue weighted by atomic mass is 16.5. The molecule has 0 saturated carbocycles. The van der Waals surface area contributed by atoms with Crippen molar-refractivity contribution < 1.29 is 9.84 Å². The number of aliphatic hydroxyl groups is 1. The van der Waals surface area contributed by atoms with Crippen LogP contribution in [0, 0.1) is 0 Å². The monoisotopic (exact) mass is 265 g/mol. The van der Waals surface area contributed by atoms with E-state index in [9.17, 15) is 5.11 Å². The molecular formula is C14H23N3O2. The average Bonchev–Trinajstić information content (AvgIpc) is 2.47. The molecule has 1 saturated heterocycles. The molecule has 1 N–H and O–H groups in total. The SMILES string of the molecule is COc1nccnc1C(O)C(C)(C)N1CCCCC1. The third kappa shape index (κ3) is 2.87. The van der Waals surface area contributed by atoms with E-state index in [1.807, 2.05) is 0 Å². The van der Waals surface area contributed by atoms with E-state index >= 15 is 0 Å². The van der Waals surface area contributed by atoms with Gasteiger partial charge in [-0.3, -0.25) is 9.88 Å². The summed E-state index contributed by atoms with van der Waals surface area (Å²) >= 11 is 0. The van der Waals surface area contributed by atoms with Crippen LogP contribution in [0.2, 0.25) is 0 Å². The number of methoxy groups -OCH3 is 1. The molecule has 5 nitrogen and oxygen atoms in total. The topological polar surface area (TPSA) is 58.5 Å². The Balaban J connectivity index is 2.23. The van der Waals surface area contributed by atoms with E-state index in [1.165, 1.54) is 19.3 Å². The molecule has 1 fully saturated rings. The molecule has 0 aliphatic carbocycles. The number of rotatable bonds is 4. The van der Waals surface area contributed by atoms with Gasteiger partial charge in [0.2, 0.25) is 5.88 Å². The first kappa shape index (κ1) is 14.2. The summed E-state index contributed by atoms with van der Waals surface area (Å²) in [5.41, 5.74) is 0.143. The van der Waals surface area contributed by atoms with Gasteiger partial charge in [-0.2, -0.15) is 0 Å². The highest BCUT2D eigenvalue weighted by Gasteiger charge is 2.38. The Morgan fingerprint density at radius 3 is 2.47 bits per heavy atom. The minimum atomic E-state index is -0.714. The van der Waals surface area contributed by atoms with Crippen molar-refractivity contribution in [1.29, 1.82) is 0 Å². The zero-order valence-corrected chi connectivity index (χ0v) is 12.0. The van der Waals surface area contributed by atoms with Gasteiger partial charge >= 0.3 is 0 Å². The lowest BCUT2D eigenvalue weighted by Gasteiger charge is -2.43. The van der Waals surface area contributed by atoms with Gasteiger partial charge in [0.15, 0.2) is 0 Å². The first-order valence-corrected chi connectivity index (χ1v) is 6.85. The average molecular weight is 265 g/mol. The van der Waals surface area contributed by atoms with Gasteiger partial charge in [-0.1, -0.05) is 6.42 Å². The Hall–Kier alpha value is -1.20. The number of aliphatic hydroxyl groups excluding tert-OH is 1. The van der Waals surface area contributed by atoms with Crippen LogP contribution >= 0.6 is 0 Å². The predicted molar refractivity (Wildman–Crippen MR) is 73.0 cm³/mol. The van der Waals surface area contributed by atoms with Crippen LogP contribution in [0.3, 0.4) is 0 Å². The molecule has 1 unspecified atom stereocenters. The molecule has 1 aromatic rings. The van der Waals surface area contributed by atoms with Crippen LogP contribution in [0.15, 0.2) is 12.4 Å². The maximum atomic E-state index is 10.7. The van der Waals surface area contributed by atoms with Crippen LogP contribution < -0.4 is 4.74 Å². The van der Waals surface area contributed by atoms with Crippen LogP contribution in [-0.2, 0) is 0 Å². The Morgan fingerprint density at radius 2 is 1.84 bits per heavy atom.